The summed E-state index contributed by atoms with van der Waals surface area (Å²) < 4.78 is 26.7. The van der Waals surface area contributed by atoms with E-state index in [0.29, 0.717) is 43.4 Å². The topological polar surface area (TPSA) is 57.7 Å². The number of thioether (sulfide) groups is 1. The van der Waals surface area contributed by atoms with Crippen LogP contribution >= 0.6 is 23.4 Å². The molecule has 3 rings (SSSR count). The molecule has 0 N–H and O–H groups in total. The molecule has 150 valence electrons. The first kappa shape index (κ1) is 21.2. The van der Waals surface area contributed by atoms with Gasteiger partial charge in [0.2, 0.25) is 15.9 Å². The highest BCUT2D eigenvalue weighted by Gasteiger charge is 2.28. The lowest BCUT2D eigenvalue weighted by molar-refractivity contribution is -0.131. The largest absolute Gasteiger partial charge is 0.340 e. The Morgan fingerprint density at radius 1 is 0.964 bits per heavy atom. The summed E-state index contributed by atoms with van der Waals surface area (Å²) in [4.78, 5) is 15.2. The first-order valence-electron chi connectivity index (χ1n) is 9.12. The molecule has 1 amide bonds. The van der Waals surface area contributed by atoms with E-state index in [0.717, 1.165) is 10.5 Å². The molecule has 0 radical (unpaired) electrons. The molecule has 2 aromatic carbocycles. The van der Waals surface area contributed by atoms with Gasteiger partial charge in [0.15, 0.2) is 0 Å². The predicted octanol–water partition coefficient (Wildman–Crippen LogP) is 3.50. The van der Waals surface area contributed by atoms with Gasteiger partial charge >= 0.3 is 0 Å². The number of piperazine rings is 1. The Morgan fingerprint density at radius 3 is 2.29 bits per heavy atom. The van der Waals surface area contributed by atoms with Gasteiger partial charge in [-0.05, 0) is 17.7 Å². The molecule has 0 atom stereocenters. The molecule has 5 nitrogen and oxygen atoms in total. The van der Waals surface area contributed by atoms with Gasteiger partial charge in [0.05, 0.1) is 10.8 Å². The molecule has 0 saturated carbocycles. The summed E-state index contributed by atoms with van der Waals surface area (Å²) >= 11 is 7.69. The van der Waals surface area contributed by atoms with Gasteiger partial charge in [0.25, 0.3) is 0 Å². The highest BCUT2D eigenvalue weighted by Crippen LogP contribution is 2.27. The molecule has 1 heterocycles. The van der Waals surface area contributed by atoms with Crippen molar-refractivity contribution in [1.29, 1.82) is 0 Å². The Hall–Kier alpha value is -1.54. The third kappa shape index (κ3) is 5.73. The first-order chi connectivity index (χ1) is 13.5. The lowest BCUT2D eigenvalue weighted by Crippen LogP contribution is -2.50. The summed E-state index contributed by atoms with van der Waals surface area (Å²) in [6.45, 7) is 1.56. The summed E-state index contributed by atoms with van der Waals surface area (Å²) in [5.74, 6) is 0.699. The van der Waals surface area contributed by atoms with Crippen molar-refractivity contribution in [3.05, 3.63) is 65.2 Å². The molecule has 28 heavy (non-hydrogen) atoms. The average molecular weight is 439 g/mol. The van der Waals surface area contributed by atoms with E-state index in [9.17, 15) is 13.2 Å². The van der Waals surface area contributed by atoms with Crippen molar-refractivity contribution in [2.45, 2.75) is 17.1 Å². The fourth-order valence-electron chi connectivity index (χ4n) is 3.06. The lowest BCUT2D eigenvalue weighted by atomic mass is 10.2. The van der Waals surface area contributed by atoms with Crippen LogP contribution in [0.25, 0.3) is 0 Å². The number of amides is 1. The molecule has 0 spiro atoms. The van der Waals surface area contributed by atoms with Gasteiger partial charge in [0.1, 0.15) is 0 Å². The molecular formula is C20H23ClN2O3S2. The zero-order valence-corrected chi connectivity index (χ0v) is 17.8. The Balaban J connectivity index is 1.45. The van der Waals surface area contributed by atoms with Crippen LogP contribution in [0.3, 0.4) is 0 Å². The van der Waals surface area contributed by atoms with Crippen molar-refractivity contribution < 1.29 is 13.2 Å². The van der Waals surface area contributed by atoms with Crippen LogP contribution in [-0.4, -0.2) is 55.5 Å². The molecule has 0 aliphatic carbocycles. The Morgan fingerprint density at radius 2 is 1.61 bits per heavy atom. The minimum absolute atomic E-state index is 0.00371. The number of nitrogens with zero attached hydrogens (tertiary/aromatic N) is 2. The van der Waals surface area contributed by atoms with Crippen LogP contribution in [0.2, 0.25) is 5.02 Å². The summed E-state index contributed by atoms with van der Waals surface area (Å²) in [6, 6.07) is 16.7. The van der Waals surface area contributed by atoms with Gasteiger partial charge in [-0.15, -0.1) is 11.8 Å². The smallest absolute Gasteiger partial charge is 0.223 e. The Kier molecular flexibility index (Phi) is 7.40. The van der Waals surface area contributed by atoms with Gasteiger partial charge in [-0.1, -0.05) is 54.1 Å². The van der Waals surface area contributed by atoms with Crippen LogP contribution in [0.15, 0.2) is 59.5 Å². The van der Waals surface area contributed by atoms with E-state index in [2.05, 4.69) is 0 Å². The third-order valence-corrected chi connectivity index (χ3v) is 7.95. The monoisotopic (exact) mass is 438 g/mol. The quantitative estimate of drug-likeness (QED) is 0.621. The van der Waals surface area contributed by atoms with E-state index in [4.69, 9.17) is 11.6 Å². The highest BCUT2D eigenvalue weighted by molar-refractivity contribution is 7.99. The van der Waals surface area contributed by atoms with Crippen molar-refractivity contribution in [3.63, 3.8) is 0 Å². The second-order valence-corrected chi connectivity index (χ2v) is 10.1. The van der Waals surface area contributed by atoms with Crippen molar-refractivity contribution in [2.75, 3.05) is 31.9 Å². The molecular weight excluding hydrogens is 416 g/mol. The van der Waals surface area contributed by atoms with Crippen LogP contribution in [0, 0.1) is 0 Å². The van der Waals surface area contributed by atoms with Crippen molar-refractivity contribution in [3.8, 4) is 0 Å². The molecule has 1 aliphatic heterocycles. The molecule has 0 bridgehead atoms. The van der Waals surface area contributed by atoms with Crippen LogP contribution < -0.4 is 0 Å². The Labute approximate surface area is 175 Å². The van der Waals surface area contributed by atoms with E-state index < -0.39 is 10.0 Å². The van der Waals surface area contributed by atoms with Gasteiger partial charge in [-0.2, -0.15) is 4.31 Å². The SMILES string of the molecule is O=C(CCSc1ccccc1Cl)N1CCN(S(=O)(=O)Cc2ccccc2)CC1. The number of rotatable bonds is 7. The number of benzene rings is 2. The summed E-state index contributed by atoms with van der Waals surface area (Å²) in [7, 11) is -3.37. The second kappa shape index (κ2) is 9.78. The van der Waals surface area contributed by atoms with Gasteiger partial charge in [-0.25, -0.2) is 8.42 Å². The number of hydrogen-bond acceptors (Lipinski definition) is 4. The maximum Gasteiger partial charge on any atom is 0.223 e. The van der Waals surface area contributed by atoms with Crippen LogP contribution in [0.5, 0.6) is 0 Å². The number of carbonyl (C=O) groups excluding carboxylic acids is 1. The number of carbonyl (C=O) groups is 1. The molecule has 0 aromatic heterocycles. The Bertz CT molecular complexity index is 899. The molecule has 0 unspecified atom stereocenters. The van der Waals surface area contributed by atoms with Crippen molar-refractivity contribution >= 4 is 39.3 Å². The summed E-state index contributed by atoms with van der Waals surface area (Å²) in [5, 5.41) is 0.692. The standard InChI is InChI=1S/C20H23ClN2O3S2/c21-18-8-4-5-9-19(18)27-15-10-20(24)22-11-13-23(14-12-22)28(25,26)16-17-6-2-1-3-7-17/h1-9H,10-16H2. The predicted molar refractivity (Wildman–Crippen MR) is 114 cm³/mol. The highest BCUT2D eigenvalue weighted by atomic mass is 35.5. The van der Waals surface area contributed by atoms with E-state index >= 15 is 0 Å². The van der Waals surface area contributed by atoms with Crippen molar-refractivity contribution in [2.24, 2.45) is 0 Å². The van der Waals surface area contributed by atoms with E-state index in [1.807, 2.05) is 54.6 Å². The number of halogens is 1. The van der Waals surface area contributed by atoms with Gasteiger partial charge < -0.3 is 4.90 Å². The normalized spacial score (nSPS) is 15.5. The fraction of sp³-hybridized carbons (Fsp3) is 0.350. The molecule has 1 aliphatic rings. The fourth-order valence-corrected chi connectivity index (χ4v) is 5.75. The summed E-state index contributed by atoms with van der Waals surface area (Å²) in [6.07, 6.45) is 0.409. The number of sulfonamides is 1. The van der Waals surface area contributed by atoms with Crippen molar-refractivity contribution in [1.82, 2.24) is 9.21 Å². The van der Waals surface area contributed by atoms with E-state index in [1.165, 1.54) is 4.31 Å². The molecule has 8 heteroatoms. The second-order valence-electron chi connectivity index (χ2n) is 6.55. The van der Waals surface area contributed by atoms with Gasteiger partial charge in [0, 0.05) is 43.2 Å². The van der Waals surface area contributed by atoms with E-state index in [-0.39, 0.29) is 11.7 Å². The van der Waals surface area contributed by atoms with Gasteiger partial charge in [-0.3, -0.25) is 4.79 Å². The summed E-state index contributed by atoms with van der Waals surface area (Å²) in [5.41, 5.74) is 0.776. The number of hydrogen-bond donors (Lipinski definition) is 0. The van der Waals surface area contributed by atoms with Crippen LogP contribution in [0.4, 0.5) is 0 Å². The third-order valence-electron chi connectivity index (χ3n) is 4.59. The molecule has 2 aromatic rings. The molecule has 1 fully saturated rings. The molecule has 1 saturated heterocycles. The lowest BCUT2D eigenvalue weighted by Gasteiger charge is -2.34. The van der Waals surface area contributed by atoms with Crippen LogP contribution in [0.1, 0.15) is 12.0 Å². The average Bonchev–Trinajstić information content (AvgIpc) is 2.70. The first-order valence-corrected chi connectivity index (χ1v) is 12.1. The van der Waals surface area contributed by atoms with Crippen LogP contribution in [-0.2, 0) is 20.6 Å². The zero-order valence-electron chi connectivity index (χ0n) is 15.5. The minimum atomic E-state index is -3.37. The van der Waals surface area contributed by atoms with E-state index in [1.54, 1.807) is 16.7 Å². The maximum atomic E-state index is 12.6. The zero-order chi connectivity index (χ0) is 20.0. The minimum Gasteiger partial charge on any atom is -0.340 e. The maximum absolute atomic E-state index is 12.6.